The molecule has 0 atom stereocenters. The molecule has 168 valence electrons. The van der Waals surface area contributed by atoms with E-state index in [1.807, 2.05) is 19.1 Å². The van der Waals surface area contributed by atoms with Gasteiger partial charge in [0.15, 0.2) is 0 Å². The van der Waals surface area contributed by atoms with Crippen molar-refractivity contribution in [1.29, 1.82) is 0 Å². The summed E-state index contributed by atoms with van der Waals surface area (Å²) in [6.45, 7) is 5.34. The molecular weight excluding hydrogens is 442 g/mol. The second-order valence-electron chi connectivity index (χ2n) is 8.82. The SMILES string of the molecule is Cc1cccn2c(=O)c(C=C3SC(=S)N(C4CCCC4)C3=O)c(N3CCN(C)CC3)nc12. The highest BCUT2D eigenvalue weighted by molar-refractivity contribution is 8.26. The molecule has 2 aromatic rings. The molecular formula is C23H27N5O2S2. The van der Waals surface area contributed by atoms with Crippen molar-refractivity contribution in [2.75, 3.05) is 38.1 Å². The molecule has 7 nitrogen and oxygen atoms in total. The normalized spacial score (nSPS) is 22.1. The van der Waals surface area contributed by atoms with Crippen molar-refractivity contribution in [2.24, 2.45) is 0 Å². The fraction of sp³-hybridized carbons (Fsp3) is 0.478. The van der Waals surface area contributed by atoms with Crippen LogP contribution in [0.25, 0.3) is 11.7 Å². The molecule has 2 saturated heterocycles. The summed E-state index contributed by atoms with van der Waals surface area (Å²) in [5.74, 6) is 0.577. The number of thiocarbonyl (C=S) groups is 1. The van der Waals surface area contributed by atoms with Crippen LogP contribution >= 0.6 is 24.0 Å². The number of fused-ring (bicyclic) bond motifs is 1. The van der Waals surface area contributed by atoms with Gasteiger partial charge in [-0.15, -0.1) is 0 Å². The van der Waals surface area contributed by atoms with E-state index in [9.17, 15) is 9.59 Å². The number of rotatable bonds is 3. The van der Waals surface area contributed by atoms with Crippen LogP contribution in [0.2, 0.25) is 0 Å². The molecule has 0 bridgehead atoms. The standard InChI is InChI=1S/C23H27N5O2S2/c1-15-6-5-9-27-19(15)24-20(26-12-10-25(2)11-13-26)17(21(27)29)14-18-22(30)28(23(31)32-18)16-7-3-4-8-16/h5-6,9,14,16H,3-4,7-8,10-13H2,1-2H3. The first kappa shape index (κ1) is 21.6. The number of aromatic nitrogens is 2. The minimum atomic E-state index is -0.154. The van der Waals surface area contributed by atoms with E-state index in [4.69, 9.17) is 17.2 Å². The maximum Gasteiger partial charge on any atom is 0.267 e. The molecule has 0 spiro atoms. The van der Waals surface area contributed by atoms with E-state index in [-0.39, 0.29) is 17.5 Å². The Balaban J connectivity index is 1.62. The number of nitrogens with zero attached hydrogens (tertiary/aromatic N) is 5. The number of anilines is 1. The molecule has 0 N–H and O–H groups in total. The Hall–Kier alpha value is -2.23. The lowest BCUT2D eigenvalue weighted by Crippen LogP contribution is -2.45. The van der Waals surface area contributed by atoms with Crippen LogP contribution in [0.1, 0.15) is 36.8 Å². The Morgan fingerprint density at radius 1 is 1.16 bits per heavy atom. The highest BCUT2D eigenvalue weighted by Gasteiger charge is 2.38. The largest absolute Gasteiger partial charge is 0.353 e. The molecule has 0 aromatic carbocycles. The van der Waals surface area contributed by atoms with Gasteiger partial charge in [-0.25, -0.2) is 4.98 Å². The first-order valence-corrected chi connectivity index (χ1v) is 12.4. The third-order valence-corrected chi connectivity index (χ3v) is 7.99. The average Bonchev–Trinajstić information content (AvgIpc) is 3.39. The number of thioether (sulfide) groups is 1. The predicted octanol–water partition coefficient (Wildman–Crippen LogP) is 2.90. The van der Waals surface area contributed by atoms with E-state index in [1.165, 1.54) is 11.8 Å². The number of pyridine rings is 1. The maximum atomic E-state index is 13.6. The van der Waals surface area contributed by atoms with E-state index in [1.54, 1.807) is 21.6 Å². The van der Waals surface area contributed by atoms with Crippen molar-refractivity contribution >= 4 is 51.7 Å². The lowest BCUT2D eigenvalue weighted by atomic mass is 10.2. The minimum absolute atomic E-state index is 0.0787. The number of aryl methyl sites for hydroxylation is 1. The van der Waals surface area contributed by atoms with Gasteiger partial charge in [0, 0.05) is 38.4 Å². The predicted molar refractivity (Wildman–Crippen MR) is 133 cm³/mol. The molecule has 9 heteroatoms. The number of hydrogen-bond donors (Lipinski definition) is 0. The number of likely N-dealkylation sites (N-methyl/N-ethyl adjacent to an activating group) is 1. The van der Waals surface area contributed by atoms with Gasteiger partial charge in [0.2, 0.25) is 0 Å². The van der Waals surface area contributed by atoms with Crippen molar-refractivity contribution in [3.05, 3.63) is 44.7 Å². The van der Waals surface area contributed by atoms with Crippen molar-refractivity contribution in [3.63, 3.8) is 0 Å². The molecule has 1 amide bonds. The second kappa shape index (κ2) is 8.61. The Morgan fingerprint density at radius 3 is 2.59 bits per heavy atom. The van der Waals surface area contributed by atoms with E-state index < -0.39 is 0 Å². The summed E-state index contributed by atoms with van der Waals surface area (Å²) in [7, 11) is 2.10. The summed E-state index contributed by atoms with van der Waals surface area (Å²) in [6.07, 6.45) is 7.71. The Labute approximate surface area is 197 Å². The summed E-state index contributed by atoms with van der Waals surface area (Å²) in [6, 6.07) is 4.00. The lowest BCUT2D eigenvalue weighted by Gasteiger charge is -2.34. The van der Waals surface area contributed by atoms with Crippen molar-refractivity contribution < 1.29 is 4.79 Å². The summed E-state index contributed by atoms with van der Waals surface area (Å²) in [4.78, 5) is 38.5. The van der Waals surface area contributed by atoms with Crippen LogP contribution in [0.15, 0.2) is 28.0 Å². The number of carbonyl (C=O) groups excluding carboxylic acids is 1. The van der Waals surface area contributed by atoms with Crippen LogP contribution in [0.5, 0.6) is 0 Å². The van der Waals surface area contributed by atoms with Crippen LogP contribution in [-0.2, 0) is 4.79 Å². The molecule has 4 heterocycles. The fourth-order valence-electron chi connectivity index (χ4n) is 4.77. The van der Waals surface area contributed by atoms with Crippen LogP contribution in [0.3, 0.4) is 0 Å². The average molecular weight is 470 g/mol. The fourth-order valence-corrected chi connectivity index (χ4v) is 6.16. The van der Waals surface area contributed by atoms with Gasteiger partial charge in [0.25, 0.3) is 11.5 Å². The number of piperazine rings is 1. The van der Waals surface area contributed by atoms with E-state index in [0.29, 0.717) is 26.3 Å². The summed E-state index contributed by atoms with van der Waals surface area (Å²) in [5, 5.41) is 0. The summed E-state index contributed by atoms with van der Waals surface area (Å²) < 4.78 is 2.18. The molecule has 32 heavy (non-hydrogen) atoms. The Morgan fingerprint density at radius 2 is 1.88 bits per heavy atom. The quantitative estimate of drug-likeness (QED) is 0.506. The molecule has 1 aliphatic carbocycles. The van der Waals surface area contributed by atoms with Gasteiger partial charge >= 0.3 is 0 Å². The van der Waals surface area contributed by atoms with Gasteiger partial charge in [0.05, 0.1) is 10.5 Å². The molecule has 1 saturated carbocycles. The van der Waals surface area contributed by atoms with Gasteiger partial charge in [-0.05, 0) is 44.5 Å². The highest BCUT2D eigenvalue weighted by Crippen LogP contribution is 2.38. The van der Waals surface area contributed by atoms with E-state index in [0.717, 1.165) is 57.4 Å². The molecule has 0 unspecified atom stereocenters. The van der Waals surface area contributed by atoms with Crippen LogP contribution in [0, 0.1) is 6.92 Å². The minimum Gasteiger partial charge on any atom is -0.353 e. The Kier molecular flexibility index (Phi) is 5.81. The van der Waals surface area contributed by atoms with E-state index >= 15 is 0 Å². The molecule has 3 fully saturated rings. The van der Waals surface area contributed by atoms with Gasteiger partial charge in [-0.3, -0.25) is 18.9 Å². The molecule has 2 aliphatic heterocycles. The van der Waals surface area contributed by atoms with Crippen LogP contribution < -0.4 is 10.5 Å². The van der Waals surface area contributed by atoms with Gasteiger partial charge in [-0.2, -0.15) is 0 Å². The highest BCUT2D eigenvalue weighted by atomic mass is 32.2. The molecule has 3 aliphatic rings. The maximum absolute atomic E-state index is 13.6. The summed E-state index contributed by atoms with van der Waals surface area (Å²) in [5.41, 5.74) is 1.91. The first-order valence-electron chi connectivity index (χ1n) is 11.2. The molecule has 5 rings (SSSR count). The van der Waals surface area contributed by atoms with Gasteiger partial charge in [0.1, 0.15) is 15.8 Å². The monoisotopic (exact) mass is 469 g/mol. The third kappa shape index (κ3) is 3.76. The second-order valence-corrected chi connectivity index (χ2v) is 10.5. The zero-order valence-corrected chi connectivity index (χ0v) is 20.0. The lowest BCUT2D eigenvalue weighted by molar-refractivity contribution is -0.123. The summed E-state index contributed by atoms with van der Waals surface area (Å²) >= 11 is 6.86. The van der Waals surface area contributed by atoms with Crippen LogP contribution in [0.4, 0.5) is 5.82 Å². The molecule has 0 radical (unpaired) electrons. The van der Waals surface area contributed by atoms with E-state index in [2.05, 4.69) is 16.8 Å². The first-order chi connectivity index (χ1) is 15.4. The van der Waals surface area contributed by atoms with Crippen molar-refractivity contribution in [1.82, 2.24) is 19.2 Å². The zero-order valence-electron chi connectivity index (χ0n) is 18.4. The van der Waals surface area contributed by atoms with Gasteiger partial charge < -0.3 is 9.80 Å². The van der Waals surface area contributed by atoms with Crippen molar-refractivity contribution in [2.45, 2.75) is 38.6 Å². The topological polar surface area (TPSA) is 61.2 Å². The Bertz CT molecular complexity index is 1180. The van der Waals surface area contributed by atoms with Gasteiger partial charge in [-0.1, -0.05) is 42.9 Å². The smallest absolute Gasteiger partial charge is 0.267 e. The zero-order chi connectivity index (χ0) is 22.4. The number of carbonyl (C=O) groups is 1. The van der Waals surface area contributed by atoms with Crippen LogP contribution in [-0.4, -0.2) is 68.7 Å². The number of amides is 1. The van der Waals surface area contributed by atoms with Crippen molar-refractivity contribution in [3.8, 4) is 0 Å². The third-order valence-electron chi connectivity index (χ3n) is 6.66. The number of hydrogen-bond acceptors (Lipinski definition) is 7. The molecule has 2 aromatic heterocycles.